The van der Waals surface area contributed by atoms with Gasteiger partial charge in [-0.15, -0.1) is 0 Å². The first-order chi connectivity index (χ1) is 6.74. The summed E-state index contributed by atoms with van der Waals surface area (Å²) in [7, 11) is 0. The zero-order chi connectivity index (χ0) is 10.4. The van der Waals surface area contributed by atoms with Crippen molar-refractivity contribution in [3.8, 4) is 0 Å². The summed E-state index contributed by atoms with van der Waals surface area (Å²) >= 11 is 0. The molecule has 0 heterocycles. The van der Waals surface area contributed by atoms with Crippen molar-refractivity contribution in [1.82, 2.24) is 5.32 Å². The van der Waals surface area contributed by atoms with Crippen LogP contribution in [0.1, 0.15) is 38.5 Å². The first-order valence-electron chi connectivity index (χ1n) is 5.17. The molecule has 0 radical (unpaired) electrons. The minimum absolute atomic E-state index is 0.176. The molecule has 1 aliphatic carbocycles. The van der Waals surface area contributed by atoms with Gasteiger partial charge in [-0.2, -0.15) is 0 Å². The number of amides is 1. The van der Waals surface area contributed by atoms with Crippen LogP contribution in [0.25, 0.3) is 0 Å². The lowest BCUT2D eigenvalue weighted by atomic mass is 9.83. The average Bonchev–Trinajstić information content (AvgIpc) is 2.18. The Morgan fingerprint density at radius 3 is 2.57 bits per heavy atom. The lowest BCUT2D eigenvalue weighted by molar-refractivity contribution is -0.108. The van der Waals surface area contributed by atoms with Gasteiger partial charge in [-0.05, 0) is 18.8 Å². The number of hydrogen-bond donors (Lipinski definition) is 2. The fourth-order valence-electron chi connectivity index (χ4n) is 2.17. The predicted octanol–water partition coefficient (Wildman–Crippen LogP) is 1.79. The Bertz CT molecular complexity index is 200. The summed E-state index contributed by atoms with van der Waals surface area (Å²) in [5.41, 5.74) is 0. The Kier molecular flexibility index (Phi) is 4.43. The second kappa shape index (κ2) is 5.62. The van der Waals surface area contributed by atoms with Gasteiger partial charge in [0.2, 0.25) is 0 Å². The minimum atomic E-state index is -1.03. The molecule has 1 rings (SSSR count). The molecule has 1 aliphatic rings. The molecule has 1 saturated carbocycles. The van der Waals surface area contributed by atoms with Crippen molar-refractivity contribution < 1.29 is 14.7 Å². The summed E-state index contributed by atoms with van der Waals surface area (Å²) in [6, 6.07) is -0.176. The molecular formula is C10H17NO3. The van der Waals surface area contributed by atoms with E-state index >= 15 is 0 Å². The van der Waals surface area contributed by atoms with Crippen LogP contribution in [0, 0.1) is 5.92 Å². The van der Waals surface area contributed by atoms with Crippen LogP contribution in [0.15, 0.2) is 0 Å². The van der Waals surface area contributed by atoms with Gasteiger partial charge in [-0.25, -0.2) is 4.79 Å². The highest BCUT2D eigenvalue weighted by Crippen LogP contribution is 2.27. The molecule has 1 fully saturated rings. The normalized spacial score (nSPS) is 20.0. The standard InChI is InChI=1S/C10H17NO3/c12-7-6-9(11-10(13)14)8-4-2-1-3-5-8/h7-9,11H,1-6H2,(H,13,14)/t9-/m0/s1. The van der Waals surface area contributed by atoms with Gasteiger partial charge in [0.1, 0.15) is 6.29 Å². The van der Waals surface area contributed by atoms with E-state index in [9.17, 15) is 9.59 Å². The number of aldehydes is 1. The average molecular weight is 199 g/mol. The third-order valence-corrected chi connectivity index (χ3v) is 2.88. The van der Waals surface area contributed by atoms with Crippen molar-refractivity contribution >= 4 is 12.4 Å². The fourth-order valence-corrected chi connectivity index (χ4v) is 2.17. The van der Waals surface area contributed by atoms with Gasteiger partial charge in [-0.1, -0.05) is 19.3 Å². The quantitative estimate of drug-likeness (QED) is 0.678. The molecule has 0 aliphatic heterocycles. The lowest BCUT2D eigenvalue weighted by Gasteiger charge is -2.28. The Morgan fingerprint density at radius 2 is 2.07 bits per heavy atom. The van der Waals surface area contributed by atoms with Crippen LogP contribution in [0.4, 0.5) is 4.79 Å². The Balaban J connectivity index is 2.46. The first-order valence-corrected chi connectivity index (χ1v) is 5.17. The molecule has 0 aromatic rings. The highest BCUT2D eigenvalue weighted by Gasteiger charge is 2.24. The zero-order valence-corrected chi connectivity index (χ0v) is 8.24. The molecular weight excluding hydrogens is 182 g/mol. The monoisotopic (exact) mass is 199 g/mol. The number of carbonyl (C=O) groups excluding carboxylic acids is 1. The molecule has 0 aromatic carbocycles. The molecule has 0 saturated heterocycles. The van der Waals surface area contributed by atoms with Crippen LogP contribution in [-0.2, 0) is 4.79 Å². The lowest BCUT2D eigenvalue weighted by Crippen LogP contribution is -2.40. The van der Waals surface area contributed by atoms with Gasteiger partial charge in [0.05, 0.1) is 0 Å². The van der Waals surface area contributed by atoms with Crippen molar-refractivity contribution in [3.05, 3.63) is 0 Å². The Morgan fingerprint density at radius 1 is 1.43 bits per heavy atom. The van der Waals surface area contributed by atoms with E-state index < -0.39 is 6.09 Å². The molecule has 0 aromatic heterocycles. The molecule has 0 bridgehead atoms. The molecule has 0 spiro atoms. The van der Waals surface area contributed by atoms with Crippen LogP contribution in [-0.4, -0.2) is 23.5 Å². The predicted molar refractivity (Wildman–Crippen MR) is 52.2 cm³/mol. The van der Waals surface area contributed by atoms with Crippen LogP contribution in [0.5, 0.6) is 0 Å². The maximum absolute atomic E-state index is 10.5. The second-order valence-electron chi connectivity index (χ2n) is 3.86. The second-order valence-corrected chi connectivity index (χ2v) is 3.86. The van der Waals surface area contributed by atoms with Gasteiger partial charge in [0, 0.05) is 12.5 Å². The Labute approximate surface area is 83.7 Å². The van der Waals surface area contributed by atoms with Crippen LogP contribution in [0.2, 0.25) is 0 Å². The highest BCUT2D eigenvalue weighted by atomic mass is 16.4. The van der Waals surface area contributed by atoms with E-state index in [-0.39, 0.29) is 6.04 Å². The van der Waals surface area contributed by atoms with E-state index in [1.54, 1.807) is 0 Å². The summed E-state index contributed by atoms with van der Waals surface area (Å²) in [5.74, 6) is 0.352. The van der Waals surface area contributed by atoms with E-state index in [1.807, 2.05) is 0 Å². The molecule has 4 nitrogen and oxygen atoms in total. The molecule has 1 atom stereocenters. The molecule has 2 N–H and O–H groups in total. The van der Waals surface area contributed by atoms with E-state index in [1.165, 1.54) is 6.42 Å². The topological polar surface area (TPSA) is 66.4 Å². The zero-order valence-electron chi connectivity index (χ0n) is 8.24. The summed E-state index contributed by atoms with van der Waals surface area (Å²) in [6.45, 7) is 0. The number of carboxylic acid groups (broad SMARTS) is 1. The van der Waals surface area contributed by atoms with E-state index in [0.29, 0.717) is 12.3 Å². The van der Waals surface area contributed by atoms with E-state index in [4.69, 9.17) is 5.11 Å². The van der Waals surface area contributed by atoms with Gasteiger partial charge < -0.3 is 15.2 Å². The smallest absolute Gasteiger partial charge is 0.404 e. The maximum Gasteiger partial charge on any atom is 0.404 e. The van der Waals surface area contributed by atoms with E-state index in [0.717, 1.165) is 32.0 Å². The van der Waals surface area contributed by atoms with Crippen LogP contribution in [0.3, 0.4) is 0 Å². The summed E-state index contributed by atoms with van der Waals surface area (Å²) < 4.78 is 0. The van der Waals surface area contributed by atoms with Gasteiger partial charge in [-0.3, -0.25) is 0 Å². The molecule has 14 heavy (non-hydrogen) atoms. The van der Waals surface area contributed by atoms with Crippen molar-refractivity contribution in [1.29, 1.82) is 0 Å². The van der Waals surface area contributed by atoms with Gasteiger partial charge >= 0.3 is 6.09 Å². The minimum Gasteiger partial charge on any atom is -0.465 e. The number of nitrogens with one attached hydrogen (secondary N) is 1. The van der Waals surface area contributed by atoms with Crippen molar-refractivity contribution in [2.24, 2.45) is 5.92 Å². The SMILES string of the molecule is O=CC[C@H](NC(=O)O)C1CCCCC1. The number of hydrogen-bond acceptors (Lipinski definition) is 2. The van der Waals surface area contributed by atoms with Crippen LogP contribution < -0.4 is 5.32 Å². The summed E-state index contributed by atoms with van der Waals surface area (Å²) in [4.78, 5) is 20.9. The number of rotatable bonds is 4. The molecule has 80 valence electrons. The largest absolute Gasteiger partial charge is 0.465 e. The van der Waals surface area contributed by atoms with Crippen molar-refractivity contribution in [3.63, 3.8) is 0 Å². The van der Waals surface area contributed by atoms with Crippen molar-refractivity contribution in [2.75, 3.05) is 0 Å². The molecule has 1 amide bonds. The summed E-state index contributed by atoms with van der Waals surface area (Å²) in [5, 5.41) is 11.1. The van der Waals surface area contributed by atoms with Crippen molar-refractivity contribution in [2.45, 2.75) is 44.6 Å². The fraction of sp³-hybridized carbons (Fsp3) is 0.800. The van der Waals surface area contributed by atoms with Crippen LogP contribution >= 0.6 is 0 Å². The Hall–Kier alpha value is -1.06. The van der Waals surface area contributed by atoms with Gasteiger partial charge in [0.25, 0.3) is 0 Å². The maximum atomic E-state index is 10.5. The summed E-state index contributed by atoms with van der Waals surface area (Å²) in [6.07, 6.45) is 5.70. The number of carbonyl (C=O) groups is 2. The third kappa shape index (κ3) is 3.36. The molecule has 4 heteroatoms. The highest BCUT2D eigenvalue weighted by molar-refractivity contribution is 5.65. The van der Waals surface area contributed by atoms with E-state index in [2.05, 4.69) is 5.32 Å². The molecule has 0 unspecified atom stereocenters. The first kappa shape index (κ1) is 11.0. The van der Waals surface area contributed by atoms with Gasteiger partial charge in [0.15, 0.2) is 0 Å². The third-order valence-electron chi connectivity index (χ3n) is 2.88.